The first-order valence-electron chi connectivity index (χ1n) is 8.48. The molecule has 0 bridgehead atoms. The van der Waals surface area contributed by atoms with Gasteiger partial charge in [-0.1, -0.05) is 48.5 Å². The fourth-order valence-electron chi connectivity index (χ4n) is 3.09. The molecule has 1 aliphatic rings. The number of hydrogen-bond acceptors (Lipinski definition) is 3. The molecule has 0 aliphatic carbocycles. The number of furan rings is 1. The lowest BCUT2D eigenvalue weighted by atomic mass is 10.0. The second-order valence-electron chi connectivity index (χ2n) is 6.08. The summed E-state index contributed by atoms with van der Waals surface area (Å²) in [7, 11) is 0. The summed E-state index contributed by atoms with van der Waals surface area (Å²) in [5.74, 6) is 0.731. The average Bonchev–Trinajstić information content (AvgIpc) is 3.11. The van der Waals surface area contributed by atoms with E-state index in [1.165, 1.54) is 0 Å². The zero-order chi connectivity index (χ0) is 17.1. The van der Waals surface area contributed by atoms with Gasteiger partial charge in [0.2, 0.25) is 0 Å². The number of carbonyl (C=O) groups excluding carboxylic acids is 1. The van der Waals surface area contributed by atoms with E-state index in [9.17, 15) is 4.79 Å². The third-order valence-corrected chi connectivity index (χ3v) is 4.43. The van der Waals surface area contributed by atoms with Gasteiger partial charge in [0.25, 0.3) is 0 Å². The molecule has 1 fully saturated rings. The lowest BCUT2D eigenvalue weighted by Crippen LogP contribution is -2.47. The molecule has 2 amide bonds. The summed E-state index contributed by atoms with van der Waals surface area (Å²) in [5.41, 5.74) is 1.81. The Bertz CT molecular complexity index is 821. The van der Waals surface area contributed by atoms with Crippen LogP contribution in [0.5, 0.6) is 0 Å². The number of nitrogens with one attached hydrogen (secondary N) is 1. The summed E-state index contributed by atoms with van der Waals surface area (Å²) >= 11 is 0. The molecule has 1 unspecified atom stereocenters. The van der Waals surface area contributed by atoms with Crippen LogP contribution in [0, 0.1) is 0 Å². The van der Waals surface area contributed by atoms with Crippen molar-refractivity contribution in [1.82, 2.24) is 10.2 Å². The summed E-state index contributed by atoms with van der Waals surface area (Å²) in [6.45, 7) is 2.36. The molecular weight excluding hydrogens is 316 g/mol. The first-order chi connectivity index (χ1) is 12.3. The first-order valence-corrected chi connectivity index (χ1v) is 8.48. The maximum atomic E-state index is 12.7. The lowest BCUT2D eigenvalue weighted by Gasteiger charge is -2.29. The Morgan fingerprint density at radius 1 is 1.00 bits per heavy atom. The highest BCUT2D eigenvalue weighted by Crippen LogP contribution is 2.28. The van der Waals surface area contributed by atoms with Gasteiger partial charge in [-0.3, -0.25) is 0 Å². The van der Waals surface area contributed by atoms with E-state index in [0.29, 0.717) is 26.3 Å². The molecule has 5 nitrogen and oxygen atoms in total. The van der Waals surface area contributed by atoms with Crippen molar-refractivity contribution < 1.29 is 13.9 Å². The van der Waals surface area contributed by atoms with Crippen molar-refractivity contribution in [3.8, 4) is 0 Å². The van der Waals surface area contributed by atoms with E-state index in [0.717, 1.165) is 22.3 Å². The fourth-order valence-corrected chi connectivity index (χ4v) is 3.09. The highest BCUT2D eigenvalue weighted by molar-refractivity contribution is 5.79. The Labute approximate surface area is 146 Å². The van der Waals surface area contributed by atoms with Crippen molar-refractivity contribution in [2.75, 3.05) is 26.3 Å². The van der Waals surface area contributed by atoms with Gasteiger partial charge in [-0.05, 0) is 17.7 Å². The van der Waals surface area contributed by atoms with E-state index in [1.807, 2.05) is 60.7 Å². The molecule has 2 heterocycles. The van der Waals surface area contributed by atoms with Crippen LogP contribution in [-0.4, -0.2) is 37.2 Å². The number of hydrogen-bond donors (Lipinski definition) is 1. The Hall–Kier alpha value is -2.79. The third kappa shape index (κ3) is 3.37. The number of morpholine rings is 1. The zero-order valence-corrected chi connectivity index (χ0v) is 13.9. The van der Waals surface area contributed by atoms with E-state index in [4.69, 9.17) is 9.15 Å². The third-order valence-electron chi connectivity index (χ3n) is 4.43. The van der Waals surface area contributed by atoms with E-state index in [-0.39, 0.29) is 12.1 Å². The van der Waals surface area contributed by atoms with E-state index >= 15 is 0 Å². The molecule has 0 spiro atoms. The Kier molecular flexibility index (Phi) is 4.39. The minimum Gasteiger partial charge on any atom is -0.459 e. The number of nitrogens with zero attached hydrogens (tertiary/aromatic N) is 1. The molecule has 2 aromatic carbocycles. The molecule has 0 radical (unpaired) electrons. The molecule has 4 rings (SSSR count). The molecule has 0 saturated carbocycles. The minimum atomic E-state index is -0.330. The first kappa shape index (κ1) is 15.7. The molecular formula is C20H20N2O3. The van der Waals surface area contributed by atoms with Gasteiger partial charge in [0.15, 0.2) is 0 Å². The van der Waals surface area contributed by atoms with Gasteiger partial charge in [0.1, 0.15) is 17.4 Å². The predicted octanol–water partition coefficient (Wildman–Crippen LogP) is 3.56. The van der Waals surface area contributed by atoms with E-state index in [2.05, 4.69) is 5.32 Å². The van der Waals surface area contributed by atoms with Gasteiger partial charge in [-0.25, -0.2) is 4.79 Å². The second kappa shape index (κ2) is 6.99. The van der Waals surface area contributed by atoms with Gasteiger partial charge in [0, 0.05) is 18.5 Å². The van der Waals surface area contributed by atoms with Crippen LogP contribution in [0.25, 0.3) is 11.0 Å². The SMILES string of the molecule is O=C(NC(c1ccccc1)c1cc2ccccc2o1)N1CCOCC1. The standard InChI is InChI=1S/C20H20N2O3/c23-20(22-10-12-24-13-11-22)21-19(15-6-2-1-3-7-15)18-14-16-8-4-5-9-17(16)25-18/h1-9,14,19H,10-13H2,(H,21,23). The summed E-state index contributed by atoms with van der Waals surface area (Å²) in [5, 5.41) is 4.14. The number of rotatable bonds is 3. The number of urea groups is 1. The van der Waals surface area contributed by atoms with Crippen LogP contribution in [0.2, 0.25) is 0 Å². The predicted molar refractivity (Wildman–Crippen MR) is 95.4 cm³/mol. The Balaban J connectivity index is 1.65. The molecule has 5 heteroatoms. The number of amides is 2. The number of ether oxygens (including phenoxy) is 1. The quantitative estimate of drug-likeness (QED) is 0.795. The molecule has 3 aromatic rings. The van der Waals surface area contributed by atoms with E-state index in [1.54, 1.807) is 4.90 Å². The van der Waals surface area contributed by atoms with Crippen molar-refractivity contribution in [3.63, 3.8) is 0 Å². The molecule has 1 saturated heterocycles. The van der Waals surface area contributed by atoms with Crippen LogP contribution in [0.4, 0.5) is 4.79 Å². The molecule has 25 heavy (non-hydrogen) atoms. The Morgan fingerprint density at radius 2 is 1.72 bits per heavy atom. The smallest absolute Gasteiger partial charge is 0.318 e. The number of fused-ring (bicyclic) bond motifs is 1. The van der Waals surface area contributed by atoms with E-state index < -0.39 is 0 Å². The van der Waals surface area contributed by atoms with Gasteiger partial charge in [-0.2, -0.15) is 0 Å². The topological polar surface area (TPSA) is 54.7 Å². The van der Waals surface area contributed by atoms with Crippen molar-refractivity contribution in [1.29, 1.82) is 0 Å². The fraction of sp³-hybridized carbons (Fsp3) is 0.250. The van der Waals surface area contributed by atoms with Crippen molar-refractivity contribution in [2.24, 2.45) is 0 Å². The second-order valence-corrected chi connectivity index (χ2v) is 6.08. The zero-order valence-electron chi connectivity index (χ0n) is 13.9. The summed E-state index contributed by atoms with van der Waals surface area (Å²) in [6.07, 6.45) is 0. The monoisotopic (exact) mass is 336 g/mol. The minimum absolute atomic E-state index is 0.0994. The number of para-hydroxylation sites is 1. The summed E-state index contributed by atoms with van der Waals surface area (Å²) < 4.78 is 11.3. The maximum absolute atomic E-state index is 12.7. The van der Waals surface area contributed by atoms with Crippen molar-refractivity contribution in [3.05, 3.63) is 72.0 Å². The van der Waals surface area contributed by atoms with Gasteiger partial charge >= 0.3 is 6.03 Å². The lowest BCUT2D eigenvalue weighted by molar-refractivity contribution is 0.0526. The van der Waals surface area contributed by atoms with Gasteiger partial charge in [-0.15, -0.1) is 0 Å². The highest BCUT2D eigenvalue weighted by atomic mass is 16.5. The maximum Gasteiger partial charge on any atom is 0.318 e. The highest BCUT2D eigenvalue weighted by Gasteiger charge is 2.24. The number of benzene rings is 2. The molecule has 1 atom stereocenters. The van der Waals surface area contributed by atoms with Crippen LogP contribution in [0.1, 0.15) is 17.4 Å². The van der Waals surface area contributed by atoms with Crippen LogP contribution >= 0.6 is 0 Å². The summed E-state index contributed by atoms with van der Waals surface area (Å²) in [4.78, 5) is 14.5. The largest absolute Gasteiger partial charge is 0.459 e. The van der Waals surface area contributed by atoms with Gasteiger partial charge < -0.3 is 19.4 Å². The van der Waals surface area contributed by atoms with Crippen molar-refractivity contribution >= 4 is 17.0 Å². The van der Waals surface area contributed by atoms with Crippen LogP contribution < -0.4 is 5.32 Å². The molecule has 128 valence electrons. The van der Waals surface area contributed by atoms with Crippen LogP contribution in [0.15, 0.2) is 65.1 Å². The van der Waals surface area contributed by atoms with Gasteiger partial charge in [0.05, 0.1) is 13.2 Å². The summed E-state index contributed by atoms with van der Waals surface area (Å²) in [6, 6.07) is 19.3. The molecule has 1 aromatic heterocycles. The molecule has 1 N–H and O–H groups in total. The van der Waals surface area contributed by atoms with Crippen LogP contribution in [-0.2, 0) is 4.74 Å². The normalized spacial score (nSPS) is 15.9. The van der Waals surface area contributed by atoms with Crippen LogP contribution in [0.3, 0.4) is 0 Å². The van der Waals surface area contributed by atoms with Crippen molar-refractivity contribution in [2.45, 2.75) is 6.04 Å². The Morgan fingerprint density at radius 3 is 2.48 bits per heavy atom. The molecule has 1 aliphatic heterocycles. The number of carbonyl (C=O) groups is 1. The average molecular weight is 336 g/mol.